The standard InChI is InChI=1S/C25H35N3O5S/c1-5-17-26-25(30)21(6-2)27(18-16-20-12-8-7-9-13-20)24(29)19-28(34(4,31)32)22-14-10-11-15-23(22)33-3/h7-15,21H,5-6,16-19H2,1-4H3,(H,26,30)/t21-/m0/s1. The molecule has 2 aromatic rings. The van der Waals surface area contributed by atoms with Crippen LogP contribution in [0.5, 0.6) is 5.75 Å². The molecule has 0 fully saturated rings. The predicted molar refractivity (Wildman–Crippen MR) is 134 cm³/mol. The lowest BCUT2D eigenvalue weighted by molar-refractivity contribution is -0.139. The van der Waals surface area contributed by atoms with Gasteiger partial charge in [-0.15, -0.1) is 0 Å². The Morgan fingerprint density at radius 2 is 1.68 bits per heavy atom. The first kappa shape index (κ1) is 27.2. The van der Waals surface area contributed by atoms with Crippen LogP contribution in [0, 0.1) is 0 Å². The second kappa shape index (κ2) is 13.0. The summed E-state index contributed by atoms with van der Waals surface area (Å²) in [5, 5.41) is 2.87. The third-order valence-electron chi connectivity index (χ3n) is 5.45. The molecule has 0 aromatic heterocycles. The van der Waals surface area contributed by atoms with Gasteiger partial charge in [0, 0.05) is 13.1 Å². The minimum atomic E-state index is -3.81. The number of anilines is 1. The number of para-hydroxylation sites is 2. The van der Waals surface area contributed by atoms with Crippen molar-refractivity contribution in [3.05, 3.63) is 60.2 Å². The van der Waals surface area contributed by atoms with E-state index in [1.54, 1.807) is 24.3 Å². The van der Waals surface area contributed by atoms with Gasteiger partial charge in [0.15, 0.2) is 0 Å². The fraction of sp³-hybridized carbons (Fsp3) is 0.440. The Balaban J connectivity index is 2.37. The van der Waals surface area contributed by atoms with Crippen LogP contribution >= 0.6 is 0 Å². The highest BCUT2D eigenvalue weighted by atomic mass is 32.2. The summed E-state index contributed by atoms with van der Waals surface area (Å²) in [6.07, 6.45) is 2.77. The zero-order chi connectivity index (χ0) is 25.1. The predicted octanol–water partition coefficient (Wildman–Crippen LogP) is 2.84. The molecule has 1 atom stereocenters. The van der Waals surface area contributed by atoms with E-state index in [2.05, 4.69) is 5.32 Å². The van der Waals surface area contributed by atoms with Crippen LogP contribution in [0.3, 0.4) is 0 Å². The molecule has 34 heavy (non-hydrogen) atoms. The van der Waals surface area contributed by atoms with Gasteiger partial charge in [-0.2, -0.15) is 0 Å². The summed E-state index contributed by atoms with van der Waals surface area (Å²) < 4.78 is 31.7. The van der Waals surface area contributed by atoms with Gasteiger partial charge >= 0.3 is 0 Å². The molecule has 0 aliphatic heterocycles. The lowest BCUT2D eigenvalue weighted by atomic mass is 10.1. The molecule has 1 N–H and O–H groups in total. The van der Waals surface area contributed by atoms with Crippen molar-refractivity contribution in [1.82, 2.24) is 10.2 Å². The number of hydrogen-bond acceptors (Lipinski definition) is 5. The third-order valence-corrected chi connectivity index (χ3v) is 6.58. The van der Waals surface area contributed by atoms with Crippen molar-refractivity contribution < 1.29 is 22.7 Å². The highest BCUT2D eigenvalue weighted by Gasteiger charge is 2.32. The zero-order valence-corrected chi connectivity index (χ0v) is 21.2. The summed E-state index contributed by atoms with van der Waals surface area (Å²) in [6, 6.07) is 15.6. The monoisotopic (exact) mass is 489 g/mol. The average Bonchev–Trinajstić information content (AvgIpc) is 2.83. The molecule has 0 radical (unpaired) electrons. The maximum Gasteiger partial charge on any atom is 0.244 e. The van der Waals surface area contributed by atoms with Crippen LogP contribution in [-0.4, -0.2) is 64.2 Å². The molecule has 0 spiro atoms. The molecule has 0 saturated heterocycles. The Bertz CT molecular complexity index is 1040. The highest BCUT2D eigenvalue weighted by Crippen LogP contribution is 2.29. The van der Waals surface area contributed by atoms with Crippen molar-refractivity contribution in [2.75, 3.05) is 37.3 Å². The molecule has 0 saturated carbocycles. The van der Waals surface area contributed by atoms with Gasteiger partial charge in [0.25, 0.3) is 0 Å². The van der Waals surface area contributed by atoms with Gasteiger partial charge in [-0.25, -0.2) is 8.42 Å². The molecule has 0 heterocycles. The van der Waals surface area contributed by atoms with Crippen molar-refractivity contribution in [3.8, 4) is 5.75 Å². The number of carbonyl (C=O) groups excluding carboxylic acids is 2. The Labute approximate surface area is 202 Å². The second-order valence-corrected chi connectivity index (χ2v) is 9.89. The number of amides is 2. The van der Waals surface area contributed by atoms with Crippen LogP contribution in [-0.2, 0) is 26.0 Å². The maximum atomic E-state index is 13.6. The molecule has 186 valence electrons. The fourth-order valence-corrected chi connectivity index (χ4v) is 4.55. The van der Waals surface area contributed by atoms with Gasteiger partial charge < -0.3 is 15.0 Å². The van der Waals surface area contributed by atoms with Crippen molar-refractivity contribution >= 4 is 27.5 Å². The van der Waals surface area contributed by atoms with Crippen LogP contribution in [0.25, 0.3) is 0 Å². The van der Waals surface area contributed by atoms with Crippen LogP contribution < -0.4 is 14.4 Å². The number of ether oxygens (including phenoxy) is 1. The molecule has 8 nitrogen and oxygen atoms in total. The molecular formula is C25H35N3O5S. The summed E-state index contributed by atoms with van der Waals surface area (Å²) in [5.74, 6) is -0.357. The van der Waals surface area contributed by atoms with E-state index in [0.29, 0.717) is 25.1 Å². The van der Waals surface area contributed by atoms with Gasteiger partial charge in [-0.05, 0) is 37.0 Å². The fourth-order valence-electron chi connectivity index (χ4n) is 3.69. The van der Waals surface area contributed by atoms with Crippen LogP contribution in [0.1, 0.15) is 32.3 Å². The summed E-state index contributed by atoms with van der Waals surface area (Å²) in [7, 11) is -2.36. The number of nitrogens with one attached hydrogen (secondary N) is 1. The van der Waals surface area contributed by atoms with E-state index in [0.717, 1.165) is 22.5 Å². The molecule has 0 aliphatic carbocycles. The van der Waals surface area contributed by atoms with Gasteiger partial charge in [0.2, 0.25) is 21.8 Å². The Hall–Kier alpha value is -3.07. The minimum absolute atomic E-state index is 0.242. The van der Waals surface area contributed by atoms with Crippen LogP contribution in [0.15, 0.2) is 54.6 Å². The molecule has 2 rings (SSSR count). The number of sulfonamides is 1. The lowest BCUT2D eigenvalue weighted by Gasteiger charge is -2.33. The number of carbonyl (C=O) groups is 2. The molecule has 0 unspecified atom stereocenters. The molecular weight excluding hydrogens is 454 g/mol. The summed E-state index contributed by atoms with van der Waals surface area (Å²) in [5.41, 5.74) is 1.29. The molecule has 0 aliphatic rings. The van der Waals surface area contributed by atoms with E-state index in [1.807, 2.05) is 44.2 Å². The van der Waals surface area contributed by atoms with E-state index in [9.17, 15) is 18.0 Å². The largest absolute Gasteiger partial charge is 0.495 e. The molecule has 9 heteroatoms. The zero-order valence-electron chi connectivity index (χ0n) is 20.4. The maximum absolute atomic E-state index is 13.6. The number of methoxy groups -OCH3 is 1. The normalized spacial score (nSPS) is 12.0. The molecule has 2 amide bonds. The molecule has 0 bridgehead atoms. The Kier molecular flexibility index (Phi) is 10.4. The van der Waals surface area contributed by atoms with Gasteiger partial charge in [-0.1, -0.05) is 56.3 Å². The highest BCUT2D eigenvalue weighted by molar-refractivity contribution is 7.92. The van der Waals surface area contributed by atoms with Crippen molar-refractivity contribution in [2.24, 2.45) is 0 Å². The smallest absolute Gasteiger partial charge is 0.244 e. The van der Waals surface area contributed by atoms with Crippen molar-refractivity contribution in [3.63, 3.8) is 0 Å². The minimum Gasteiger partial charge on any atom is -0.495 e. The van der Waals surface area contributed by atoms with Gasteiger partial charge in [-0.3, -0.25) is 13.9 Å². The third kappa shape index (κ3) is 7.48. The van der Waals surface area contributed by atoms with Crippen LogP contribution in [0.2, 0.25) is 0 Å². The summed E-state index contributed by atoms with van der Waals surface area (Å²) >= 11 is 0. The van der Waals surface area contributed by atoms with E-state index in [1.165, 1.54) is 12.0 Å². The lowest BCUT2D eigenvalue weighted by Crippen LogP contribution is -2.53. The first-order valence-corrected chi connectivity index (χ1v) is 13.3. The SMILES string of the molecule is CCCNC(=O)[C@H](CC)N(CCc1ccccc1)C(=O)CN(c1ccccc1OC)S(C)(=O)=O. The van der Waals surface area contributed by atoms with Gasteiger partial charge in [0.05, 0.1) is 19.1 Å². The van der Waals surface area contributed by atoms with Crippen molar-refractivity contribution in [1.29, 1.82) is 0 Å². The van der Waals surface area contributed by atoms with E-state index in [4.69, 9.17) is 4.74 Å². The summed E-state index contributed by atoms with van der Waals surface area (Å²) in [4.78, 5) is 28.0. The van der Waals surface area contributed by atoms with E-state index < -0.39 is 28.5 Å². The van der Waals surface area contributed by atoms with Crippen LogP contribution in [0.4, 0.5) is 5.69 Å². The molecule has 2 aromatic carbocycles. The number of benzene rings is 2. The van der Waals surface area contributed by atoms with Gasteiger partial charge in [0.1, 0.15) is 18.3 Å². The summed E-state index contributed by atoms with van der Waals surface area (Å²) in [6.45, 7) is 4.15. The second-order valence-electron chi connectivity index (χ2n) is 7.98. The quantitative estimate of drug-likeness (QED) is 0.467. The van der Waals surface area contributed by atoms with E-state index in [-0.39, 0.29) is 18.1 Å². The first-order chi connectivity index (χ1) is 16.2. The Morgan fingerprint density at radius 3 is 2.26 bits per heavy atom. The number of rotatable bonds is 13. The van der Waals surface area contributed by atoms with Crippen molar-refractivity contribution in [2.45, 2.75) is 39.2 Å². The van der Waals surface area contributed by atoms with E-state index >= 15 is 0 Å². The average molecular weight is 490 g/mol. The first-order valence-electron chi connectivity index (χ1n) is 11.4. The number of nitrogens with zero attached hydrogens (tertiary/aromatic N) is 2. The Morgan fingerprint density at radius 1 is 1.03 bits per heavy atom. The topological polar surface area (TPSA) is 96.0 Å². The number of hydrogen-bond donors (Lipinski definition) is 1.